The zero-order valence-electron chi connectivity index (χ0n) is 10.1. The van der Waals surface area contributed by atoms with Crippen LogP contribution in [0.25, 0.3) is 10.9 Å². The van der Waals surface area contributed by atoms with Crippen molar-refractivity contribution >= 4 is 10.9 Å². The molecular weight excluding hydrogens is 234 g/mol. The highest BCUT2D eigenvalue weighted by atomic mass is 19.3. The average molecular weight is 250 g/mol. The minimum atomic E-state index is -2.31. The summed E-state index contributed by atoms with van der Waals surface area (Å²) < 4.78 is 26.7. The van der Waals surface area contributed by atoms with Crippen LogP contribution in [0, 0.1) is 0 Å². The molecule has 0 aliphatic heterocycles. The number of hydrogen-bond donors (Lipinski definition) is 1. The predicted octanol–water partition coefficient (Wildman–Crippen LogP) is 3.16. The van der Waals surface area contributed by atoms with Gasteiger partial charge in [0, 0.05) is 29.7 Å². The van der Waals surface area contributed by atoms with Crippen molar-refractivity contribution in [3.05, 3.63) is 36.0 Å². The number of hydrogen-bond acceptors (Lipinski definition) is 1. The maximum atomic E-state index is 12.5. The Balaban J connectivity index is 1.91. The number of rotatable bonds is 5. The normalized spacial score (nSPS) is 15.7. The van der Waals surface area contributed by atoms with E-state index < -0.39 is 6.43 Å². The first kappa shape index (κ1) is 11.7. The van der Waals surface area contributed by atoms with Crippen LogP contribution in [0.1, 0.15) is 18.4 Å². The number of para-hydroxylation sites is 1. The quantitative estimate of drug-likeness (QED) is 0.862. The highest BCUT2D eigenvalue weighted by molar-refractivity contribution is 5.83. The fourth-order valence-electron chi connectivity index (χ4n) is 2.31. The molecule has 1 aliphatic carbocycles. The van der Waals surface area contributed by atoms with Crippen LogP contribution in [0.3, 0.4) is 0 Å². The fraction of sp³-hybridized carbons (Fsp3) is 0.429. The van der Waals surface area contributed by atoms with E-state index in [9.17, 15) is 8.78 Å². The summed E-state index contributed by atoms with van der Waals surface area (Å²) in [5.74, 6) is 0. The summed E-state index contributed by atoms with van der Waals surface area (Å²) in [4.78, 5) is 0. The van der Waals surface area contributed by atoms with Crippen LogP contribution < -0.4 is 5.32 Å². The molecule has 0 bridgehead atoms. The van der Waals surface area contributed by atoms with E-state index in [1.165, 1.54) is 12.8 Å². The lowest BCUT2D eigenvalue weighted by atomic mass is 10.2. The van der Waals surface area contributed by atoms with Gasteiger partial charge in [-0.3, -0.25) is 0 Å². The van der Waals surface area contributed by atoms with Crippen molar-refractivity contribution in [2.75, 3.05) is 0 Å². The van der Waals surface area contributed by atoms with Gasteiger partial charge in [0.15, 0.2) is 0 Å². The van der Waals surface area contributed by atoms with Gasteiger partial charge in [-0.25, -0.2) is 8.78 Å². The Kier molecular flexibility index (Phi) is 3.04. The maximum Gasteiger partial charge on any atom is 0.256 e. The van der Waals surface area contributed by atoms with Gasteiger partial charge in [0.05, 0.1) is 6.54 Å². The number of benzene rings is 1. The van der Waals surface area contributed by atoms with Crippen LogP contribution in [0.15, 0.2) is 30.5 Å². The van der Waals surface area contributed by atoms with E-state index in [1.54, 1.807) is 4.57 Å². The van der Waals surface area contributed by atoms with Gasteiger partial charge in [-0.1, -0.05) is 18.2 Å². The zero-order chi connectivity index (χ0) is 12.5. The Hall–Kier alpha value is -1.42. The molecule has 0 atom stereocenters. The molecule has 18 heavy (non-hydrogen) atoms. The lowest BCUT2D eigenvalue weighted by molar-refractivity contribution is 0.128. The molecule has 2 nitrogen and oxygen atoms in total. The van der Waals surface area contributed by atoms with Crippen LogP contribution in [-0.4, -0.2) is 17.0 Å². The van der Waals surface area contributed by atoms with Gasteiger partial charge >= 0.3 is 0 Å². The van der Waals surface area contributed by atoms with E-state index in [0.29, 0.717) is 6.04 Å². The summed E-state index contributed by atoms with van der Waals surface area (Å²) in [7, 11) is 0. The van der Waals surface area contributed by atoms with Crippen molar-refractivity contribution in [1.82, 2.24) is 9.88 Å². The Morgan fingerprint density at radius 3 is 2.78 bits per heavy atom. The van der Waals surface area contributed by atoms with Crippen LogP contribution in [-0.2, 0) is 13.1 Å². The lowest BCUT2D eigenvalue weighted by Crippen LogP contribution is -2.15. The number of nitrogens with one attached hydrogen (secondary N) is 1. The first-order valence-electron chi connectivity index (χ1n) is 6.32. The summed E-state index contributed by atoms with van der Waals surface area (Å²) in [6.45, 7) is 0.533. The van der Waals surface area contributed by atoms with E-state index in [1.807, 2.05) is 30.5 Å². The second kappa shape index (κ2) is 4.69. The van der Waals surface area contributed by atoms with E-state index in [0.717, 1.165) is 23.0 Å². The second-order valence-electron chi connectivity index (χ2n) is 4.87. The van der Waals surface area contributed by atoms with Crippen LogP contribution >= 0.6 is 0 Å². The third-order valence-corrected chi connectivity index (χ3v) is 3.36. The molecule has 1 aromatic carbocycles. The molecule has 0 spiro atoms. The SMILES string of the molecule is FC(F)Cn1cc(CNC2CC2)c2ccccc21. The van der Waals surface area contributed by atoms with Gasteiger partial charge in [-0.2, -0.15) is 0 Å². The Morgan fingerprint density at radius 2 is 2.06 bits per heavy atom. The standard InChI is InChI=1S/C14H16F2N2/c15-14(16)9-18-8-10(7-17-11-5-6-11)12-3-1-2-4-13(12)18/h1-4,8,11,14,17H,5-7,9H2. The summed E-state index contributed by atoms with van der Waals surface area (Å²) >= 11 is 0. The molecule has 0 amide bonds. The number of nitrogens with zero attached hydrogens (tertiary/aromatic N) is 1. The van der Waals surface area contributed by atoms with Gasteiger partial charge in [-0.15, -0.1) is 0 Å². The third-order valence-electron chi connectivity index (χ3n) is 3.36. The summed E-state index contributed by atoms with van der Waals surface area (Å²) in [6, 6.07) is 8.37. The zero-order valence-corrected chi connectivity index (χ0v) is 10.1. The predicted molar refractivity (Wildman–Crippen MR) is 67.8 cm³/mol. The molecule has 96 valence electrons. The van der Waals surface area contributed by atoms with Gasteiger partial charge in [0.25, 0.3) is 6.43 Å². The highest BCUT2D eigenvalue weighted by Crippen LogP contribution is 2.24. The summed E-state index contributed by atoms with van der Waals surface area (Å²) in [5, 5.41) is 4.51. The first-order valence-corrected chi connectivity index (χ1v) is 6.32. The first-order chi connectivity index (χ1) is 8.74. The molecule has 0 saturated heterocycles. The van der Waals surface area contributed by atoms with Crippen molar-refractivity contribution in [1.29, 1.82) is 0 Å². The largest absolute Gasteiger partial charge is 0.341 e. The van der Waals surface area contributed by atoms with Crippen molar-refractivity contribution in [3.8, 4) is 0 Å². The molecule has 0 radical (unpaired) electrons. The molecule has 4 heteroatoms. The molecule has 0 unspecified atom stereocenters. The molecule has 2 aromatic rings. The Labute approximate surface area is 105 Å². The second-order valence-corrected chi connectivity index (χ2v) is 4.87. The van der Waals surface area contributed by atoms with Crippen LogP contribution in [0.2, 0.25) is 0 Å². The van der Waals surface area contributed by atoms with E-state index in [4.69, 9.17) is 0 Å². The molecule has 1 fully saturated rings. The van der Waals surface area contributed by atoms with Crippen LogP contribution in [0.5, 0.6) is 0 Å². The molecule has 1 aromatic heterocycles. The average Bonchev–Trinajstić information content (AvgIpc) is 3.11. The number of aromatic nitrogens is 1. The van der Waals surface area contributed by atoms with E-state index in [2.05, 4.69) is 5.32 Å². The molecule has 1 saturated carbocycles. The maximum absolute atomic E-state index is 12.5. The molecule has 1 N–H and O–H groups in total. The van der Waals surface area contributed by atoms with Gasteiger partial charge < -0.3 is 9.88 Å². The number of halogens is 2. The number of fused-ring (bicyclic) bond motifs is 1. The van der Waals surface area contributed by atoms with Crippen LogP contribution in [0.4, 0.5) is 8.78 Å². The van der Waals surface area contributed by atoms with Crippen molar-refractivity contribution in [2.45, 2.75) is 38.4 Å². The minimum absolute atomic E-state index is 0.232. The van der Waals surface area contributed by atoms with Crippen molar-refractivity contribution in [3.63, 3.8) is 0 Å². The van der Waals surface area contributed by atoms with Gasteiger partial charge in [0.2, 0.25) is 0 Å². The Morgan fingerprint density at radius 1 is 1.28 bits per heavy atom. The molecular formula is C14H16F2N2. The smallest absolute Gasteiger partial charge is 0.256 e. The van der Waals surface area contributed by atoms with Gasteiger partial charge in [-0.05, 0) is 24.5 Å². The topological polar surface area (TPSA) is 17.0 Å². The lowest BCUT2D eigenvalue weighted by Gasteiger charge is -2.03. The highest BCUT2D eigenvalue weighted by Gasteiger charge is 2.21. The van der Waals surface area contributed by atoms with Crippen molar-refractivity contribution < 1.29 is 8.78 Å². The molecule has 3 rings (SSSR count). The Bertz CT molecular complexity index is 544. The monoisotopic (exact) mass is 250 g/mol. The fourth-order valence-corrected chi connectivity index (χ4v) is 2.31. The summed E-state index contributed by atoms with van der Waals surface area (Å²) in [6.07, 6.45) is 2.00. The van der Waals surface area contributed by atoms with E-state index >= 15 is 0 Å². The van der Waals surface area contributed by atoms with Gasteiger partial charge in [0.1, 0.15) is 0 Å². The molecule has 1 heterocycles. The minimum Gasteiger partial charge on any atom is -0.341 e. The molecule has 1 aliphatic rings. The number of alkyl halides is 2. The van der Waals surface area contributed by atoms with Crippen molar-refractivity contribution in [2.24, 2.45) is 0 Å². The third kappa shape index (κ3) is 2.38. The van der Waals surface area contributed by atoms with E-state index in [-0.39, 0.29) is 6.54 Å². The summed E-state index contributed by atoms with van der Waals surface area (Å²) in [5.41, 5.74) is 2.00.